The van der Waals surface area contributed by atoms with E-state index in [1.165, 1.54) is 80.7 Å². The van der Waals surface area contributed by atoms with Gasteiger partial charge in [-0.15, -0.1) is 11.3 Å². The van der Waals surface area contributed by atoms with Crippen molar-refractivity contribution in [1.29, 1.82) is 0 Å². The minimum absolute atomic E-state index is 1.10. The quantitative estimate of drug-likeness (QED) is 0.166. The number of fused-ring (bicyclic) bond motifs is 7. The van der Waals surface area contributed by atoms with Crippen LogP contribution in [-0.4, -0.2) is 4.57 Å². The van der Waals surface area contributed by atoms with Gasteiger partial charge in [0.25, 0.3) is 0 Å². The average Bonchev–Trinajstić information content (AvgIpc) is 3.81. The van der Waals surface area contributed by atoms with Crippen molar-refractivity contribution in [2.24, 2.45) is 0 Å². The fourth-order valence-corrected chi connectivity index (χ4v) is 9.70. The SMILES string of the molecule is c1ccc(-c2cccc3cccc(-c4ccc(N(c5cccc(-n6c7ccccc7c7ccccc76)c5)c5cccc6sc7ccccc7c56)cc4)c23)cc1. The number of anilines is 3. The van der Waals surface area contributed by atoms with Crippen LogP contribution < -0.4 is 4.90 Å². The van der Waals surface area contributed by atoms with Crippen molar-refractivity contribution in [3.05, 3.63) is 206 Å². The molecule has 3 heteroatoms. The second kappa shape index (κ2) is 12.9. The second-order valence-electron chi connectivity index (χ2n) is 14.1. The maximum Gasteiger partial charge on any atom is 0.0554 e. The van der Waals surface area contributed by atoms with E-state index in [4.69, 9.17) is 0 Å². The van der Waals surface area contributed by atoms with Crippen molar-refractivity contribution in [3.63, 3.8) is 0 Å². The van der Waals surface area contributed by atoms with Gasteiger partial charge in [0.1, 0.15) is 0 Å². The lowest BCUT2D eigenvalue weighted by atomic mass is 9.91. The van der Waals surface area contributed by atoms with Crippen LogP contribution in [0, 0.1) is 0 Å². The summed E-state index contributed by atoms with van der Waals surface area (Å²) in [6.45, 7) is 0. The van der Waals surface area contributed by atoms with Gasteiger partial charge in [0.15, 0.2) is 0 Å². The first-order valence-corrected chi connectivity index (χ1v) is 19.6. The van der Waals surface area contributed by atoms with E-state index in [0.29, 0.717) is 0 Å². The summed E-state index contributed by atoms with van der Waals surface area (Å²) in [7, 11) is 0. The van der Waals surface area contributed by atoms with E-state index < -0.39 is 0 Å². The van der Waals surface area contributed by atoms with E-state index in [9.17, 15) is 0 Å². The lowest BCUT2D eigenvalue weighted by molar-refractivity contribution is 1.17. The van der Waals surface area contributed by atoms with Gasteiger partial charge < -0.3 is 9.47 Å². The molecule has 0 N–H and O–H groups in total. The summed E-state index contributed by atoms with van der Waals surface area (Å²) in [5, 5.41) is 7.58. The zero-order valence-electron chi connectivity index (χ0n) is 29.9. The van der Waals surface area contributed by atoms with Gasteiger partial charge >= 0.3 is 0 Å². The number of benzene rings is 9. The highest BCUT2D eigenvalue weighted by Crippen LogP contribution is 2.46. The van der Waals surface area contributed by atoms with Crippen molar-refractivity contribution in [2.75, 3.05) is 4.90 Å². The van der Waals surface area contributed by atoms with E-state index in [2.05, 4.69) is 216 Å². The molecule has 258 valence electrons. The monoisotopic (exact) mass is 718 g/mol. The maximum absolute atomic E-state index is 2.45. The molecule has 0 saturated heterocycles. The van der Waals surface area contributed by atoms with Crippen molar-refractivity contribution in [2.45, 2.75) is 0 Å². The molecule has 0 fully saturated rings. The van der Waals surface area contributed by atoms with Crippen molar-refractivity contribution in [1.82, 2.24) is 4.57 Å². The van der Waals surface area contributed by atoms with Crippen LogP contribution in [0.5, 0.6) is 0 Å². The first-order chi connectivity index (χ1) is 27.3. The van der Waals surface area contributed by atoms with Crippen LogP contribution in [-0.2, 0) is 0 Å². The molecule has 0 saturated carbocycles. The van der Waals surface area contributed by atoms with E-state index in [1.54, 1.807) is 0 Å². The Kier molecular flexibility index (Phi) is 7.39. The number of hydrogen-bond acceptors (Lipinski definition) is 2. The summed E-state index contributed by atoms with van der Waals surface area (Å²) < 4.78 is 4.98. The smallest absolute Gasteiger partial charge is 0.0554 e. The Bertz CT molecular complexity index is 3150. The molecule has 0 aliphatic carbocycles. The Balaban J connectivity index is 1.12. The lowest BCUT2D eigenvalue weighted by Gasteiger charge is -2.27. The van der Waals surface area contributed by atoms with E-state index in [-0.39, 0.29) is 0 Å². The summed E-state index contributed by atoms with van der Waals surface area (Å²) in [5.41, 5.74) is 11.8. The number of hydrogen-bond donors (Lipinski definition) is 0. The summed E-state index contributed by atoms with van der Waals surface area (Å²) in [6, 6.07) is 75.2. The van der Waals surface area contributed by atoms with Crippen molar-refractivity contribution >= 4 is 81.1 Å². The molecule has 2 heterocycles. The number of thiophene rings is 1. The van der Waals surface area contributed by atoms with Crippen LogP contribution in [0.4, 0.5) is 17.1 Å². The third kappa shape index (κ3) is 5.16. The van der Waals surface area contributed by atoms with Gasteiger partial charge in [-0.1, -0.05) is 146 Å². The fraction of sp³-hybridized carbons (Fsp3) is 0. The normalized spacial score (nSPS) is 11.6. The number of para-hydroxylation sites is 2. The van der Waals surface area contributed by atoms with Crippen molar-refractivity contribution in [3.8, 4) is 27.9 Å². The third-order valence-electron chi connectivity index (χ3n) is 11.0. The Morgan fingerprint density at radius 3 is 1.69 bits per heavy atom. The molecule has 9 aromatic carbocycles. The minimum atomic E-state index is 1.10. The van der Waals surface area contributed by atoms with Gasteiger partial charge in [-0.2, -0.15) is 0 Å². The summed E-state index contributed by atoms with van der Waals surface area (Å²) in [4.78, 5) is 2.45. The Hall–Kier alpha value is -6.94. The highest BCUT2D eigenvalue weighted by Gasteiger charge is 2.20. The third-order valence-corrected chi connectivity index (χ3v) is 12.1. The van der Waals surface area contributed by atoms with Gasteiger partial charge in [0.05, 0.1) is 16.7 Å². The molecule has 55 heavy (non-hydrogen) atoms. The van der Waals surface area contributed by atoms with Crippen molar-refractivity contribution < 1.29 is 0 Å². The molecule has 0 aliphatic heterocycles. The van der Waals surface area contributed by atoms with Crippen LogP contribution in [0.3, 0.4) is 0 Å². The zero-order valence-corrected chi connectivity index (χ0v) is 30.7. The first kappa shape index (κ1) is 31.6. The van der Waals surface area contributed by atoms with Crippen LogP contribution in [0.15, 0.2) is 206 Å². The Labute approximate surface area is 323 Å². The molecule has 0 atom stereocenters. The molecule has 0 radical (unpaired) electrons. The number of nitrogens with zero attached hydrogens (tertiary/aromatic N) is 2. The minimum Gasteiger partial charge on any atom is -0.310 e. The van der Waals surface area contributed by atoms with Crippen LogP contribution >= 0.6 is 11.3 Å². The van der Waals surface area contributed by atoms with Gasteiger partial charge in [-0.25, -0.2) is 0 Å². The Morgan fingerprint density at radius 2 is 0.964 bits per heavy atom. The first-order valence-electron chi connectivity index (χ1n) is 18.8. The predicted molar refractivity (Wildman–Crippen MR) is 237 cm³/mol. The molecular weight excluding hydrogens is 685 g/mol. The lowest BCUT2D eigenvalue weighted by Crippen LogP contribution is -2.11. The molecule has 2 aromatic heterocycles. The molecule has 0 spiro atoms. The molecule has 11 aromatic rings. The van der Waals surface area contributed by atoms with Crippen LogP contribution in [0.2, 0.25) is 0 Å². The van der Waals surface area contributed by atoms with Gasteiger partial charge in [0, 0.05) is 48.0 Å². The summed E-state index contributed by atoms with van der Waals surface area (Å²) in [5.74, 6) is 0. The standard InChI is InChI=1S/C52H34N2S/c1-2-14-35(15-3-1)41-23-10-16-37-17-11-24-42(51(37)41)36-30-32-38(33-31-36)53(48-27-13-29-50-52(48)45-22-6-9-28-49(45)55-50)39-18-12-19-40(34-39)54-46-25-7-4-20-43(46)44-21-5-8-26-47(44)54/h1-34H. The summed E-state index contributed by atoms with van der Waals surface area (Å²) >= 11 is 1.86. The van der Waals surface area contributed by atoms with Crippen LogP contribution in [0.1, 0.15) is 0 Å². The average molecular weight is 719 g/mol. The zero-order chi connectivity index (χ0) is 36.3. The molecule has 0 aliphatic rings. The molecule has 11 rings (SSSR count). The van der Waals surface area contributed by atoms with Crippen LogP contribution in [0.25, 0.3) is 80.7 Å². The summed E-state index contributed by atoms with van der Waals surface area (Å²) in [6.07, 6.45) is 0. The molecule has 0 amide bonds. The molecular formula is C52H34N2S. The van der Waals surface area contributed by atoms with E-state index in [1.807, 2.05) is 11.3 Å². The van der Waals surface area contributed by atoms with Gasteiger partial charge in [-0.3, -0.25) is 0 Å². The van der Waals surface area contributed by atoms with Gasteiger partial charge in [0.2, 0.25) is 0 Å². The highest BCUT2D eigenvalue weighted by molar-refractivity contribution is 7.26. The fourth-order valence-electron chi connectivity index (χ4n) is 8.57. The Morgan fingerprint density at radius 1 is 0.382 bits per heavy atom. The topological polar surface area (TPSA) is 8.17 Å². The second-order valence-corrected chi connectivity index (χ2v) is 15.2. The number of rotatable bonds is 6. The predicted octanol–water partition coefficient (Wildman–Crippen LogP) is 15.1. The number of aromatic nitrogens is 1. The van der Waals surface area contributed by atoms with E-state index >= 15 is 0 Å². The highest BCUT2D eigenvalue weighted by atomic mass is 32.1. The molecule has 0 unspecified atom stereocenters. The van der Waals surface area contributed by atoms with Gasteiger partial charge in [-0.05, 0) is 93.7 Å². The molecule has 2 nitrogen and oxygen atoms in total. The maximum atomic E-state index is 2.45. The largest absolute Gasteiger partial charge is 0.310 e. The van der Waals surface area contributed by atoms with E-state index in [0.717, 1.165) is 17.1 Å². The molecule has 0 bridgehead atoms.